The molecule has 0 atom stereocenters. The second kappa shape index (κ2) is 7.07. The Morgan fingerprint density at radius 2 is 1.78 bits per heavy atom. The number of carbonyl (C=O) groups excluding carboxylic acids is 1. The first-order valence-electron chi connectivity index (χ1n) is 7.00. The molecule has 0 aromatic rings. The van der Waals surface area contributed by atoms with E-state index >= 15 is 0 Å². The Bertz CT molecular complexity index is 259. The first-order chi connectivity index (χ1) is 8.79. The summed E-state index contributed by atoms with van der Waals surface area (Å²) in [7, 11) is 2.00. The predicted octanol–water partition coefficient (Wildman–Crippen LogP) is 0.991. The van der Waals surface area contributed by atoms with Crippen LogP contribution >= 0.6 is 0 Å². The van der Waals surface area contributed by atoms with Gasteiger partial charge < -0.3 is 10.1 Å². The topological polar surface area (TPSA) is 59.6 Å². The molecule has 18 heavy (non-hydrogen) atoms. The van der Waals surface area contributed by atoms with E-state index in [9.17, 15) is 4.79 Å². The zero-order valence-electron chi connectivity index (χ0n) is 11.1. The summed E-state index contributed by atoms with van der Waals surface area (Å²) >= 11 is 0. The van der Waals surface area contributed by atoms with E-state index in [1.54, 1.807) is 0 Å². The van der Waals surface area contributed by atoms with Crippen molar-refractivity contribution in [3.63, 3.8) is 0 Å². The first kappa shape index (κ1) is 13.8. The largest absolute Gasteiger partial charge is 0.381 e. The smallest absolute Gasteiger partial charge is 0.246 e. The third kappa shape index (κ3) is 3.93. The summed E-state index contributed by atoms with van der Waals surface area (Å²) < 4.78 is 5.24. The number of nitrogens with one attached hydrogen (secondary N) is 2. The van der Waals surface area contributed by atoms with E-state index in [4.69, 9.17) is 9.57 Å². The lowest BCUT2D eigenvalue weighted by molar-refractivity contribution is -0.147. The molecule has 0 spiro atoms. The Hall–Kier alpha value is -0.650. The van der Waals surface area contributed by atoms with Crippen molar-refractivity contribution >= 4 is 5.91 Å². The van der Waals surface area contributed by atoms with Crippen LogP contribution in [0.2, 0.25) is 0 Å². The van der Waals surface area contributed by atoms with Crippen molar-refractivity contribution in [2.24, 2.45) is 5.92 Å². The average molecular weight is 256 g/mol. The molecule has 1 saturated carbocycles. The molecule has 1 aliphatic carbocycles. The van der Waals surface area contributed by atoms with Gasteiger partial charge in [-0.15, -0.1) is 0 Å². The normalized spacial score (nSPS) is 30.1. The van der Waals surface area contributed by atoms with Crippen molar-refractivity contribution in [3.8, 4) is 0 Å². The molecule has 0 radical (unpaired) electrons. The van der Waals surface area contributed by atoms with Gasteiger partial charge in [-0.25, -0.2) is 5.48 Å². The number of hydrogen-bond acceptors (Lipinski definition) is 4. The lowest BCUT2D eigenvalue weighted by Crippen LogP contribution is -2.39. The molecule has 1 saturated heterocycles. The highest BCUT2D eigenvalue weighted by Crippen LogP contribution is 2.21. The van der Waals surface area contributed by atoms with Crippen LogP contribution in [-0.2, 0) is 14.4 Å². The number of amides is 1. The maximum Gasteiger partial charge on any atom is 0.246 e. The summed E-state index contributed by atoms with van der Waals surface area (Å²) in [6.07, 6.45) is 6.06. The van der Waals surface area contributed by atoms with Gasteiger partial charge in [0.1, 0.15) is 0 Å². The highest BCUT2D eigenvalue weighted by atomic mass is 16.7. The molecule has 2 aliphatic rings. The molecule has 0 bridgehead atoms. The van der Waals surface area contributed by atoms with E-state index in [-0.39, 0.29) is 17.9 Å². The summed E-state index contributed by atoms with van der Waals surface area (Å²) in [4.78, 5) is 17.4. The first-order valence-corrected chi connectivity index (χ1v) is 7.00. The minimum absolute atomic E-state index is 0.0223. The summed E-state index contributed by atoms with van der Waals surface area (Å²) in [6, 6.07) is 0.607. The SMILES string of the molecule is CNC1CCC(ONC(=O)C2CCOCC2)CC1. The van der Waals surface area contributed by atoms with Gasteiger partial charge in [-0.3, -0.25) is 9.63 Å². The van der Waals surface area contributed by atoms with Crippen LogP contribution in [0.4, 0.5) is 0 Å². The van der Waals surface area contributed by atoms with Crippen LogP contribution in [0.1, 0.15) is 38.5 Å². The van der Waals surface area contributed by atoms with Crippen LogP contribution in [0, 0.1) is 5.92 Å². The molecule has 1 amide bonds. The highest BCUT2D eigenvalue weighted by Gasteiger charge is 2.24. The maximum absolute atomic E-state index is 11.9. The second-order valence-electron chi connectivity index (χ2n) is 5.23. The third-order valence-electron chi connectivity index (χ3n) is 4.00. The minimum Gasteiger partial charge on any atom is -0.381 e. The molecule has 5 nitrogen and oxygen atoms in total. The molecular weight excluding hydrogens is 232 g/mol. The Balaban J connectivity index is 1.63. The van der Waals surface area contributed by atoms with Crippen molar-refractivity contribution in [2.75, 3.05) is 20.3 Å². The molecule has 104 valence electrons. The van der Waals surface area contributed by atoms with Gasteiger partial charge in [0.15, 0.2) is 0 Å². The molecule has 5 heteroatoms. The van der Waals surface area contributed by atoms with Crippen LogP contribution in [-0.4, -0.2) is 38.3 Å². The quantitative estimate of drug-likeness (QED) is 0.737. The Labute approximate surface area is 109 Å². The van der Waals surface area contributed by atoms with E-state index in [0.717, 1.165) is 38.5 Å². The molecule has 2 N–H and O–H groups in total. The van der Waals surface area contributed by atoms with Gasteiger partial charge in [0.2, 0.25) is 5.91 Å². The predicted molar refractivity (Wildman–Crippen MR) is 67.9 cm³/mol. The molecule has 2 rings (SSSR count). The Morgan fingerprint density at radius 1 is 1.11 bits per heavy atom. The van der Waals surface area contributed by atoms with Crippen LogP contribution in [0.25, 0.3) is 0 Å². The van der Waals surface area contributed by atoms with E-state index in [2.05, 4.69) is 10.8 Å². The van der Waals surface area contributed by atoms with Gasteiger partial charge in [-0.1, -0.05) is 0 Å². The molecule has 0 aromatic carbocycles. The van der Waals surface area contributed by atoms with Gasteiger partial charge in [0.05, 0.1) is 6.10 Å². The van der Waals surface area contributed by atoms with Gasteiger partial charge in [-0.05, 0) is 45.6 Å². The highest BCUT2D eigenvalue weighted by molar-refractivity contribution is 5.77. The fourth-order valence-corrected chi connectivity index (χ4v) is 2.65. The van der Waals surface area contributed by atoms with Crippen molar-refractivity contribution in [1.29, 1.82) is 0 Å². The molecule has 1 aliphatic heterocycles. The maximum atomic E-state index is 11.9. The molecule has 0 aromatic heterocycles. The number of hydrogen-bond donors (Lipinski definition) is 2. The summed E-state index contributed by atoms with van der Waals surface area (Å²) in [5.74, 6) is 0.0847. The molecule has 0 unspecified atom stereocenters. The van der Waals surface area contributed by atoms with Crippen molar-refractivity contribution in [1.82, 2.24) is 10.8 Å². The molecule has 2 fully saturated rings. The summed E-state index contributed by atoms with van der Waals surface area (Å²) in [6.45, 7) is 1.37. The number of carbonyl (C=O) groups is 1. The standard InChI is InChI=1S/C13H24N2O3/c1-14-11-2-4-12(5-3-11)18-15-13(16)10-6-8-17-9-7-10/h10-12,14H,2-9H2,1H3,(H,15,16). The van der Waals surface area contributed by atoms with Gasteiger partial charge in [0.25, 0.3) is 0 Å². The number of rotatable bonds is 4. The van der Waals surface area contributed by atoms with E-state index in [1.165, 1.54) is 0 Å². The fraction of sp³-hybridized carbons (Fsp3) is 0.923. The van der Waals surface area contributed by atoms with E-state index in [1.807, 2.05) is 7.05 Å². The third-order valence-corrected chi connectivity index (χ3v) is 4.00. The number of hydroxylamine groups is 1. The van der Waals surface area contributed by atoms with Crippen LogP contribution < -0.4 is 10.8 Å². The van der Waals surface area contributed by atoms with E-state index < -0.39 is 0 Å². The molecule has 1 heterocycles. The van der Waals surface area contributed by atoms with Crippen molar-refractivity contribution in [2.45, 2.75) is 50.7 Å². The summed E-state index contributed by atoms with van der Waals surface area (Å²) in [5.41, 5.74) is 2.64. The van der Waals surface area contributed by atoms with Gasteiger partial charge >= 0.3 is 0 Å². The summed E-state index contributed by atoms with van der Waals surface area (Å²) in [5, 5.41) is 3.28. The fourth-order valence-electron chi connectivity index (χ4n) is 2.65. The van der Waals surface area contributed by atoms with Gasteiger partial charge in [0, 0.05) is 25.2 Å². The lowest BCUT2D eigenvalue weighted by atomic mass is 9.93. The molecular formula is C13H24N2O3. The number of ether oxygens (including phenoxy) is 1. The second-order valence-corrected chi connectivity index (χ2v) is 5.23. The van der Waals surface area contributed by atoms with Crippen LogP contribution in [0.5, 0.6) is 0 Å². The minimum atomic E-state index is 0.0223. The average Bonchev–Trinajstić information content (AvgIpc) is 2.46. The van der Waals surface area contributed by atoms with Crippen molar-refractivity contribution < 1.29 is 14.4 Å². The zero-order valence-corrected chi connectivity index (χ0v) is 11.1. The Morgan fingerprint density at radius 3 is 2.39 bits per heavy atom. The Kier molecular flexibility index (Phi) is 5.41. The van der Waals surface area contributed by atoms with E-state index in [0.29, 0.717) is 19.3 Å². The lowest BCUT2D eigenvalue weighted by Gasteiger charge is -2.28. The monoisotopic (exact) mass is 256 g/mol. The van der Waals surface area contributed by atoms with Crippen LogP contribution in [0.15, 0.2) is 0 Å². The zero-order chi connectivity index (χ0) is 12.8. The van der Waals surface area contributed by atoms with Gasteiger partial charge in [-0.2, -0.15) is 0 Å². The van der Waals surface area contributed by atoms with Crippen molar-refractivity contribution in [3.05, 3.63) is 0 Å². The van der Waals surface area contributed by atoms with Crippen LogP contribution in [0.3, 0.4) is 0 Å².